The fourth-order valence-electron chi connectivity index (χ4n) is 3.24. The largest absolute Gasteiger partial charge is 0.345 e. The van der Waals surface area contributed by atoms with Crippen LogP contribution in [0.4, 0.5) is 5.13 Å². The van der Waals surface area contributed by atoms with Gasteiger partial charge in [0.15, 0.2) is 5.13 Å². The van der Waals surface area contributed by atoms with Gasteiger partial charge in [0.1, 0.15) is 0 Å². The third kappa shape index (κ3) is 4.46. The van der Waals surface area contributed by atoms with E-state index in [4.69, 9.17) is 21.7 Å². The fourth-order valence-corrected chi connectivity index (χ4v) is 5.02. The first-order chi connectivity index (χ1) is 13.8. The summed E-state index contributed by atoms with van der Waals surface area (Å²) in [6.07, 6.45) is 0. The first kappa shape index (κ1) is 20.3. The predicted octanol–water partition coefficient (Wildman–Crippen LogP) is 3.53. The van der Waals surface area contributed by atoms with Crippen molar-refractivity contribution in [2.24, 2.45) is 5.14 Å². The molecular weight excluding hydrogens is 428 g/mol. The number of anilines is 1. The summed E-state index contributed by atoms with van der Waals surface area (Å²) < 4.78 is 23.2. The van der Waals surface area contributed by atoms with E-state index in [9.17, 15) is 8.42 Å². The summed E-state index contributed by atoms with van der Waals surface area (Å²) in [6, 6.07) is 14.2. The van der Waals surface area contributed by atoms with Crippen molar-refractivity contribution in [2.75, 3.05) is 38.1 Å². The average Bonchev–Trinajstić information content (AvgIpc) is 3.14. The molecule has 1 aliphatic heterocycles. The lowest BCUT2D eigenvalue weighted by Crippen LogP contribution is -2.44. The SMILES string of the molecule is CN1CCN(c2nc(-c3ccc(Cl)cc3)c(-c3ccc(S(N)(=O)=O)cc3)s2)CC1. The van der Waals surface area contributed by atoms with Gasteiger partial charge in [0, 0.05) is 36.8 Å². The van der Waals surface area contributed by atoms with Crippen LogP contribution in [0.25, 0.3) is 21.7 Å². The molecule has 1 saturated heterocycles. The highest BCUT2D eigenvalue weighted by molar-refractivity contribution is 7.89. The van der Waals surface area contributed by atoms with E-state index in [1.165, 1.54) is 12.1 Å². The molecule has 2 aromatic carbocycles. The van der Waals surface area contributed by atoms with Crippen molar-refractivity contribution < 1.29 is 8.42 Å². The summed E-state index contributed by atoms with van der Waals surface area (Å²) in [5.41, 5.74) is 2.74. The van der Waals surface area contributed by atoms with E-state index in [0.29, 0.717) is 5.02 Å². The second-order valence-electron chi connectivity index (χ2n) is 7.04. The van der Waals surface area contributed by atoms with Gasteiger partial charge in [-0.25, -0.2) is 18.5 Å². The Kier molecular flexibility index (Phi) is 5.63. The maximum Gasteiger partial charge on any atom is 0.238 e. The molecule has 0 bridgehead atoms. The van der Waals surface area contributed by atoms with Crippen LogP contribution in [0.2, 0.25) is 5.02 Å². The molecule has 29 heavy (non-hydrogen) atoms. The molecule has 1 aromatic heterocycles. The molecule has 0 amide bonds. The lowest BCUT2D eigenvalue weighted by atomic mass is 10.1. The molecular formula is C20H21ClN4O2S2. The number of rotatable bonds is 4. The summed E-state index contributed by atoms with van der Waals surface area (Å²) in [7, 11) is -1.60. The van der Waals surface area contributed by atoms with Crippen LogP contribution in [0.15, 0.2) is 53.4 Å². The van der Waals surface area contributed by atoms with Crippen molar-refractivity contribution in [3.8, 4) is 21.7 Å². The van der Waals surface area contributed by atoms with Gasteiger partial charge in [-0.05, 0) is 36.9 Å². The highest BCUT2D eigenvalue weighted by Gasteiger charge is 2.22. The van der Waals surface area contributed by atoms with E-state index in [1.54, 1.807) is 23.5 Å². The van der Waals surface area contributed by atoms with Gasteiger partial charge in [-0.1, -0.05) is 47.2 Å². The Balaban J connectivity index is 1.77. The Labute approximate surface area is 179 Å². The summed E-state index contributed by atoms with van der Waals surface area (Å²) in [6.45, 7) is 3.84. The number of likely N-dealkylation sites (N-methyl/N-ethyl adjacent to an activating group) is 1. The highest BCUT2D eigenvalue weighted by Crippen LogP contribution is 2.41. The molecule has 3 aromatic rings. The Morgan fingerprint density at radius 1 is 0.966 bits per heavy atom. The van der Waals surface area contributed by atoms with E-state index in [-0.39, 0.29) is 4.90 Å². The summed E-state index contributed by atoms with van der Waals surface area (Å²) in [4.78, 5) is 10.6. The Morgan fingerprint density at radius 2 is 1.55 bits per heavy atom. The number of thiazole rings is 1. The van der Waals surface area contributed by atoms with Gasteiger partial charge in [-0.15, -0.1) is 0 Å². The Bertz CT molecular complexity index is 1100. The number of hydrogen-bond donors (Lipinski definition) is 1. The molecule has 0 aliphatic carbocycles. The van der Waals surface area contributed by atoms with E-state index < -0.39 is 10.0 Å². The summed E-state index contributed by atoms with van der Waals surface area (Å²) in [5, 5.41) is 6.87. The van der Waals surface area contributed by atoms with E-state index in [0.717, 1.165) is 53.0 Å². The van der Waals surface area contributed by atoms with Crippen LogP contribution < -0.4 is 10.0 Å². The maximum absolute atomic E-state index is 11.6. The number of aromatic nitrogens is 1. The van der Waals surface area contributed by atoms with Gasteiger partial charge in [-0.3, -0.25) is 0 Å². The van der Waals surface area contributed by atoms with Gasteiger partial charge < -0.3 is 9.80 Å². The van der Waals surface area contributed by atoms with Crippen LogP contribution in [-0.4, -0.2) is 51.5 Å². The van der Waals surface area contributed by atoms with Gasteiger partial charge in [0.05, 0.1) is 15.5 Å². The van der Waals surface area contributed by atoms with Crippen LogP contribution in [-0.2, 0) is 10.0 Å². The van der Waals surface area contributed by atoms with Crippen molar-refractivity contribution >= 4 is 38.1 Å². The predicted molar refractivity (Wildman–Crippen MR) is 119 cm³/mol. The molecule has 0 unspecified atom stereocenters. The molecule has 1 aliphatic rings. The number of nitrogens with two attached hydrogens (primary N) is 1. The highest BCUT2D eigenvalue weighted by atomic mass is 35.5. The minimum atomic E-state index is -3.73. The summed E-state index contributed by atoms with van der Waals surface area (Å²) >= 11 is 7.67. The van der Waals surface area contributed by atoms with Crippen molar-refractivity contribution in [3.05, 3.63) is 53.6 Å². The minimum Gasteiger partial charge on any atom is -0.345 e. The second kappa shape index (κ2) is 8.04. The van der Waals surface area contributed by atoms with Crippen molar-refractivity contribution in [2.45, 2.75) is 4.90 Å². The standard InChI is InChI=1S/C20H21ClN4O2S2/c1-24-10-12-25(13-11-24)20-23-18(14-2-6-16(21)7-3-14)19(28-20)15-4-8-17(9-5-15)29(22,26)27/h2-9H,10-13H2,1H3,(H2,22,26,27). The first-order valence-corrected chi connectivity index (χ1v) is 11.9. The van der Waals surface area contributed by atoms with Crippen molar-refractivity contribution in [1.82, 2.24) is 9.88 Å². The molecule has 4 rings (SSSR count). The molecule has 0 spiro atoms. The van der Waals surface area contributed by atoms with Gasteiger partial charge >= 0.3 is 0 Å². The number of hydrogen-bond acceptors (Lipinski definition) is 6. The third-order valence-corrected chi connectivity index (χ3v) is 7.30. The van der Waals surface area contributed by atoms with E-state index in [2.05, 4.69) is 16.8 Å². The zero-order valence-electron chi connectivity index (χ0n) is 15.9. The Morgan fingerprint density at radius 3 is 2.14 bits per heavy atom. The monoisotopic (exact) mass is 448 g/mol. The Hall–Kier alpha value is -1.97. The van der Waals surface area contributed by atoms with Crippen LogP contribution in [0.5, 0.6) is 0 Å². The van der Waals surface area contributed by atoms with Gasteiger partial charge in [-0.2, -0.15) is 0 Å². The van der Waals surface area contributed by atoms with Gasteiger partial charge in [0.25, 0.3) is 0 Å². The number of primary sulfonamides is 1. The lowest BCUT2D eigenvalue weighted by Gasteiger charge is -2.32. The fraction of sp³-hybridized carbons (Fsp3) is 0.250. The molecule has 6 nitrogen and oxygen atoms in total. The van der Waals surface area contributed by atoms with Crippen LogP contribution >= 0.6 is 22.9 Å². The molecule has 0 radical (unpaired) electrons. The smallest absolute Gasteiger partial charge is 0.238 e. The van der Waals surface area contributed by atoms with E-state index in [1.807, 2.05) is 24.3 Å². The van der Waals surface area contributed by atoms with Crippen molar-refractivity contribution in [3.63, 3.8) is 0 Å². The normalized spacial score (nSPS) is 15.6. The molecule has 2 N–H and O–H groups in total. The number of halogens is 1. The molecule has 1 fully saturated rings. The number of nitrogens with zero attached hydrogens (tertiary/aromatic N) is 3. The van der Waals surface area contributed by atoms with Crippen LogP contribution in [0.3, 0.4) is 0 Å². The molecule has 152 valence electrons. The number of sulfonamides is 1. The van der Waals surface area contributed by atoms with E-state index >= 15 is 0 Å². The molecule has 0 saturated carbocycles. The average molecular weight is 449 g/mol. The summed E-state index contributed by atoms with van der Waals surface area (Å²) in [5.74, 6) is 0. The molecule has 9 heteroatoms. The van der Waals surface area contributed by atoms with Crippen LogP contribution in [0, 0.1) is 0 Å². The van der Waals surface area contributed by atoms with Crippen LogP contribution in [0.1, 0.15) is 0 Å². The second-order valence-corrected chi connectivity index (χ2v) is 10.0. The maximum atomic E-state index is 11.6. The van der Waals surface area contributed by atoms with Gasteiger partial charge in [0.2, 0.25) is 10.0 Å². The lowest BCUT2D eigenvalue weighted by molar-refractivity contribution is 0.313. The first-order valence-electron chi connectivity index (χ1n) is 9.15. The third-order valence-electron chi connectivity index (χ3n) is 4.95. The topological polar surface area (TPSA) is 79.5 Å². The number of benzene rings is 2. The quantitative estimate of drug-likeness (QED) is 0.660. The zero-order valence-corrected chi connectivity index (χ0v) is 18.3. The van der Waals surface area contributed by atoms with Crippen molar-refractivity contribution in [1.29, 1.82) is 0 Å². The minimum absolute atomic E-state index is 0.0955. The zero-order chi connectivity index (χ0) is 20.6. The number of piperazine rings is 1. The molecule has 2 heterocycles. The molecule has 0 atom stereocenters.